The van der Waals surface area contributed by atoms with Gasteiger partial charge in [-0.05, 0) is 13.8 Å². The van der Waals surface area contributed by atoms with Gasteiger partial charge in [0.25, 0.3) is 0 Å². The Balaban J connectivity index is 2.32. The molecule has 1 heterocycles. The molecule has 2 rings (SSSR count). The molecule has 4 atom stereocenters. The minimum Gasteiger partial charge on any atom is -0.390 e. The van der Waals surface area contributed by atoms with E-state index in [-0.39, 0.29) is 0 Å². The average Bonchev–Trinajstić information content (AvgIpc) is 2.48. The van der Waals surface area contributed by atoms with Gasteiger partial charge in [0.15, 0.2) is 11.4 Å². The Morgan fingerprint density at radius 3 is 2.31 bits per heavy atom. The second kappa shape index (κ2) is 3.10. The van der Waals surface area contributed by atoms with E-state index < -0.39 is 42.3 Å². The van der Waals surface area contributed by atoms with Gasteiger partial charge in [-0.25, -0.2) is 0 Å². The maximum atomic E-state index is 12.7. The number of ether oxygens (including phenoxy) is 2. The van der Waals surface area contributed by atoms with Crippen LogP contribution in [0.4, 0.5) is 13.2 Å². The van der Waals surface area contributed by atoms with Crippen molar-refractivity contribution in [3.05, 3.63) is 0 Å². The van der Waals surface area contributed by atoms with Crippen molar-refractivity contribution in [1.82, 2.24) is 0 Å². The molecule has 0 aromatic carbocycles. The van der Waals surface area contributed by atoms with Gasteiger partial charge in [-0.3, -0.25) is 0 Å². The Hall–Kier alpha value is -0.370. The number of aliphatic hydroxyl groups excluding tert-OH is 1. The molecule has 0 aromatic heterocycles. The summed E-state index contributed by atoms with van der Waals surface area (Å²) < 4.78 is 48.3. The third-order valence-electron chi connectivity index (χ3n) is 2.99. The lowest BCUT2D eigenvalue weighted by Gasteiger charge is -2.31. The van der Waals surface area contributed by atoms with Crippen LogP contribution in [0, 0.1) is 0 Å². The van der Waals surface area contributed by atoms with Gasteiger partial charge in [0.2, 0.25) is 0 Å². The molecule has 1 saturated heterocycles. The average molecular weight is 242 g/mol. The third kappa shape index (κ3) is 1.54. The molecule has 0 amide bonds. The van der Waals surface area contributed by atoms with Crippen LogP contribution in [0.25, 0.3) is 0 Å². The highest BCUT2D eigenvalue weighted by Gasteiger charge is 2.71. The van der Waals surface area contributed by atoms with Crippen LogP contribution >= 0.6 is 0 Å². The van der Waals surface area contributed by atoms with E-state index in [9.17, 15) is 23.4 Å². The fourth-order valence-electron chi connectivity index (χ4n) is 2.27. The summed E-state index contributed by atoms with van der Waals surface area (Å²) in [6.07, 6.45) is -9.75. The molecule has 0 bridgehead atoms. The highest BCUT2D eigenvalue weighted by Crippen LogP contribution is 2.50. The van der Waals surface area contributed by atoms with Gasteiger partial charge in [0.1, 0.15) is 12.2 Å². The van der Waals surface area contributed by atoms with Crippen LogP contribution in [0.1, 0.15) is 20.3 Å². The second-order valence-electron chi connectivity index (χ2n) is 4.71. The molecule has 1 aliphatic carbocycles. The molecular formula is C9H13F3O4. The lowest BCUT2D eigenvalue weighted by atomic mass is 9.99. The van der Waals surface area contributed by atoms with E-state index in [0.717, 1.165) is 0 Å². The minimum atomic E-state index is -4.85. The maximum Gasteiger partial charge on any atom is 0.419 e. The van der Waals surface area contributed by atoms with Gasteiger partial charge < -0.3 is 19.7 Å². The zero-order chi connectivity index (χ0) is 12.4. The Morgan fingerprint density at radius 2 is 1.81 bits per heavy atom. The standard InChI is InChI=1S/C9H13F3O4/c1-7(2)15-5-4(13)3-8(14,6(5)16-7)9(10,11)12/h4-6,13-14H,3H2,1-2H3/t4-,5+,6+,8-/m1/s1. The fourth-order valence-corrected chi connectivity index (χ4v) is 2.27. The lowest BCUT2D eigenvalue weighted by Crippen LogP contribution is -2.53. The molecule has 2 fully saturated rings. The molecular weight excluding hydrogens is 229 g/mol. The number of hydrogen-bond acceptors (Lipinski definition) is 4. The first-order chi connectivity index (χ1) is 7.07. The van der Waals surface area contributed by atoms with Crippen LogP contribution < -0.4 is 0 Å². The Bertz CT molecular complexity index is 304. The number of fused-ring (bicyclic) bond motifs is 1. The maximum absolute atomic E-state index is 12.7. The normalized spacial score (nSPS) is 47.1. The van der Waals surface area contributed by atoms with Crippen LogP contribution in [0.5, 0.6) is 0 Å². The van der Waals surface area contributed by atoms with Crippen LogP contribution in [0.2, 0.25) is 0 Å². The van der Waals surface area contributed by atoms with Crippen LogP contribution in [0.15, 0.2) is 0 Å². The second-order valence-corrected chi connectivity index (χ2v) is 4.71. The number of aliphatic hydroxyl groups is 2. The molecule has 1 aliphatic heterocycles. The van der Waals surface area contributed by atoms with Crippen LogP contribution in [0.3, 0.4) is 0 Å². The third-order valence-corrected chi connectivity index (χ3v) is 2.99. The fraction of sp³-hybridized carbons (Fsp3) is 1.00. The van der Waals surface area contributed by atoms with Crippen molar-refractivity contribution in [2.45, 2.75) is 56.1 Å². The number of rotatable bonds is 0. The van der Waals surface area contributed by atoms with Crippen molar-refractivity contribution in [1.29, 1.82) is 0 Å². The van der Waals surface area contributed by atoms with Crippen molar-refractivity contribution in [3.63, 3.8) is 0 Å². The van der Waals surface area contributed by atoms with E-state index in [1.54, 1.807) is 0 Å². The van der Waals surface area contributed by atoms with Crippen molar-refractivity contribution >= 4 is 0 Å². The number of hydrogen-bond donors (Lipinski definition) is 2. The summed E-state index contributed by atoms with van der Waals surface area (Å²) in [5, 5.41) is 19.1. The summed E-state index contributed by atoms with van der Waals surface area (Å²) in [6, 6.07) is 0. The Labute approximate surface area is 90.0 Å². The molecule has 2 N–H and O–H groups in total. The monoisotopic (exact) mass is 242 g/mol. The first kappa shape index (κ1) is 12.1. The zero-order valence-electron chi connectivity index (χ0n) is 8.78. The van der Waals surface area contributed by atoms with Gasteiger partial charge >= 0.3 is 6.18 Å². The van der Waals surface area contributed by atoms with E-state index in [1.165, 1.54) is 13.8 Å². The van der Waals surface area contributed by atoms with E-state index in [2.05, 4.69) is 0 Å². The van der Waals surface area contributed by atoms with E-state index in [1.807, 2.05) is 0 Å². The van der Waals surface area contributed by atoms with Crippen molar-refractivity contribution in [3.8, 4) is 0 Å². The zero-order valence-corrected chi connectivity index (χ0v) is 8.78. The first-order valence-electron chi connectivity index (χ1n) is 4.90. The van der Waals surface area contributed by atoms with Gasteiger partial charge in [0, 0.05) is 6.42 Å². The number of alkyl halides is 3. The predicted molar refractivity (Wildman–Crippen MR) is 45.5 cm³/mol. The van der Waals surface area contributed by atoms with Gasteiger partial charge in [0.05, 0.1) is 6.10 Å². The van der Waals surface area contributed by atoms with Crippen molar-refractivity contribution in [2.24, 2.45) is 0 Å². The lowest BCUT2D eigenvalue weighted by molar-refractivity contribution is -0.296. The summed E-state index contributed by atoms with van der Waals surface area (Å²) in [7, 11) is 0. The first-order valence-corrected chi connectivity index (χ1v) is 4.90. The van der Waals surface area contributed by atoms with Crippen molar-refractivity contribution < 1.29 is 32.9 Å². The molecule has 2 aliphatic rings. The summed E-state index contributed by atoms with van der Waals surface area (Å²) in [6.45, 7) is 2.88. The number of halogens is 3. The smallest absolute Gasteiger partial charge is 0.390 e. The van der Waals surface area contributed by atoms with E-state index >= 15 is 0 Å². The Kier molecular flexibility index (Phi) is 2.34. The SMILES string of the molecule is CC1(C)O[C@H]2[C@H](O)C[C@](O)(C(F)(F)F)[C@H]2O1. The largest absolute Gasteiger partial charge is 0.419 e. The molecule has 16 heavy (non-hydrogen) atoms. The molecule has 0 unspecified atom stereocenters. The highest BCUT2D eigenvalue weighted by molar-refractivity contribution is 5.11. The topological polar surface area (TPSA) is 58.9 Å². The molecule has 1 saturated carbocycles. The molecule has 0 radical (unpaired) electrons. The highest BCUT2D eigenvalue weighted by atomic mass is 19.4. The summed E-state index contributed by atoms with van der Waals surface area (Å²) >= 11 is 0. The predicted octanol–water partition coefficient (Wildman–Crippen LogP) is 0.565. The van der Waals surface area contributed by atoms with Crippen molar-refractivity contribution in [2.75, 3.05) is 0 Å². The molecule has 0 spiro atoms. The van der Waals surface area contributed by atoms with Gasteiger partial charge in [-0.2, -0.15) is 13.2 Å². The molecule has 0 aromatic rings. The van der Waals surface area contributed by atoms with Gasteiger partial charge in [-0.15, -0.1) is 0 Å². The van der Waals surface area contributed by atoms with E-state index in [4.69, 9.17) is 9.47 Å². The summed E-state index contributed by atoms with van der Waals surface area (Å²) in [5.74, 6) is -1.23. The van der Waals surface area contributed by atoms with Crippen LogP contribution in [-0.2, 0) is 9.47 Å². The Morgan fingerprint density at radius 1 is 1.25 bits per heavy atom. The molecule has 4 nitrogen and oxygen atoms in total. The van der Waals surface area contributed by atoms with Gasteiger partial charge in [-0.1, -0.05) is 0 Å². The molecule has 7 heteroatoms. The van der Waals surface area contributed by atoms with Crippen LogP contribution in [-0.4, -0.2) is 46.1 Å². The van der Waals surface area contributed by atoms with E-state index in [0.29, 0.717) is 0 Å². The molecule has 94 valence electrons. The quantitative estimate of drug-likeness (QED) is 0.651. The summed E-state index contributed by atoms with van der Waals surface area (Å²) in [4.78, 5) is 0. The summed E-state index contributed by atoms with van der Waals surface area (Å²) in [5.41, 5.74) is -3.04. The minimum absolute atomic E-state index is 0.818.